The fourth-order valence-electron chi connectivity index (χ4n) is 2.93. The van der Waals surface area contributed by atoms with E-state index in [0.717, 1.165) is 45.4 Å². The molecule has 0 aromatic carbocycles. The smallest absolute Gasteiger partial charge is 0.222 e. The van der Waals surface area contributed by atoms with Gasteiger partial charge >= 0.3 is 0 Å². The van der Waals surface area contributed by atoms with E-state index in [2.05, 4.69) is 11.0 Å². The Morgan fingerprint density at radius 2 is 1.84 bits per heavy atom. The highest BCUT2D eigenvalue weighted by molar-refractivity contribution is 5.75. The fraction of sp³-hybridized carbons (Fsp3) is 0.867. The minimum Gasteiger partial charge on any atom is -0.343 e. The van der Waals surface area contributed by atoms with Crippen LogP contribution in [-0.4, -0.2) is 47.9 Å². The SMILES string of the molecule is CC.CCC(=O)N1CCC(N2CCC(C#N)C2)CC1. The number of likely N-dealkylation sites (tertiary alicyclic amines) is 2. The van der Waals surface area contributed by atoms with Crippen LogP contribution in [0.4, 0.5) is 0 Å². The number of nitriles is 1. The van der Waals surface area contributed by atoms with Crippen molar-refractivity contribution in [1.29, 1.82) is 5.26 Å². The van der Waals surface area contributed by atoms with Crippen molar-refractivity contribution in [2.75, 3.05) is 26.2 Å². The van der Waals surface area contributed by atoms with E-state index in [9.17, 15) is 4.79 Å². The van der Waals surface area contributed by atoms with E-state index in [1.807, 2.05) is 25.7 Å². The van der Waals surface area contributed by atoms with E-state index in [-0.39, 0.29) is 11.8 Å². The molecule has 1 atom stereocenters. The fourth-order valence-corrected chi connectivity index (χ4v) is 2.93. The second-order valence-electron chi connectivity index (χ2n) is 5.08. The molecule has 2 saturated heterocycles. The van der Waals surface area contributed by atoms with Gasteiger partial charge in [-0.3, -0.25) is 9.69 Å². The quantitative estimate of drug-likeness (QED) is 0.769. The highest BCUT2D eigenvalue weighted by atomic mass is 16.2. The Labute approximate surface area is 117 Å². The van der Waals surface area contributed by atoms with Crippen molar-refractivity contribution in [3.8, 4) is 6.07 Å². The van der Waals surface area contributed by atoms with Gasteiger partial charge in [0.15, 0.2) is 0 Å². The number of hydrogen-bond acceptors (Lipinski definition) is 3. The molecule has 0 radical (unpaired) electrons. The van der Waals surface area contributed by atoms with Gasteiger partial charge in [0.25, 0.3) is 0 Å². The zero-order valence-electron chi connectivity index (χ0n) is 12.6. The molecule has 2 fully saturated rings. The predicted octanol–water partition coefficient (Wildman–Crippen LogP) is 2.26. The monoisotopic (exact) mass is 265 g/mol. The first-order valence-corrected chi connectivity index (χ1v) is 7.66. The summed E-state index contributed by atoms with van der Waals surface area (Å²) in [5.41, 5.74) is 0. The van der Waals surface area contributed by atoms with Crippen LogP contribution in [0, 0.1) is 17.2 Å². The minimum atomic E-state index is 0.227. The molecule has 4 nitrogen and oxygen atoms in total. The highest BCUT2D eigenvalue weighted by Gasteiger charge is 2.31. The van der Waals surface area contributed by atoms with Crippen LogP contribution >= 0.6 is 0 Å². The van der Waals surface area contributed by atoms with Gasteiger partial charge in [0, 0.05) is 32.1 Å². The highest BCUT2D eigenvalue weighted by Crippen LogP contribution is 2.24. The molecular formula is C15H27N3O. The van der Waals surface area contributed by atoms with Crippen molar-refractivity contribution in [2.24, 2.45) is 5.92 Å². The molecule has 0 aromatic heterocycles. The average molecular weight is 265 g/mol. The van der Waals surface area contributed by atoms with Gasteiger partial charge in [-0.05, 0) is 25.8 Å². The number of rotatable bonds is 2. The number of carbonyl (C=O) groups is 1. The third-order valence-corrected chi connectivity index (χ3v) is 4.04. The van der Waals surface area contributed by atoms with Gasteiger partial charge in [-0.25, -0.2) is 0 Å². The molecule has 0 saturated carbocycles. The van der Waals surface area contributed by atoms with Crippen molar-refractivity contribution >= 4 is 5.91 Å². The summed E-state index contributed by atoms with van der Waals surface area (Å²) in [6.45, 7) is 9.70. The topological polar surface area (TPSA) is 47.3 Å². The normalized spacial score (nSPS) is 24.5. The van der Waals surface area contributed by atoms with Crippen molar-refractivity contribution in [3.05, 3.63) is 0 Å². The van der Waals surface area contributed by atoms with Crippen LogP contribution in [0.2, 0.25) is 0 Å². The van der Waals surface area contributed by atoms with E-state index in [1.165, 1.54) is 0 Å². The Bertz CT molecular complexity index is 316. The summed E-state index contributed by atoms with van der Waals surface area (Å²) in [4.78, 5) is 16.0. The van der Waals surface area contributed by atoms with E-state index >= 15 is 0 Å². The summed E-state index contributed by atoms with van der Waals surface area (Å²) < 4.78 is 0. The van der Waals surface area contributed by atoms with Gasteiger partial charge in [-0.1, -0.05) is 20.8 Å². The Morgan fingerprint density at radius 1 is 1.21 bits per heavy atom. The summed E-state index contributed by atoms with van der Waals surface area (Å²) in [6, 6.07) is 2.95. The maximum Gasteiger partial charge on any atom is 0.222 e. The van der Waals surface area contributed by atoms with Gasteiger partial charge in [-0.2, -0.15) is 5.26 Å². The molecule has 0 N–H and O–H groups in total. The molecule has 0 aliphatic carbocycles. The summed E-state index contributed by atoms with van der Waals surface area (Å²) >= 11 is 0. The largest absolute Gasteiger partial charge is 0.343 e. The lowest BCUT2D eigenvalue weighted by atomic mass is 10.0. The molecule has 2 aliphatic rings. The predicted molar refractivity (Wildman–Crippen MR) is 76.5 cm³/mol. The van der Waals surface area contributed by atoms with Crippen LogP contribution in [0.25, 0.3) is 0 Å². The first-order valence-electron chi connectivity index (χ1n) is 7.66. The maximum atomic E-state index is 11.6. The van der Waals surface area contributed by atoms with Crippen LogP contribution in [-0.2, 0) is 4.79 Å². The van der Waals surface area contributed by atoms with Gasteiger partial charge in [0.2, 0.25) is 5.91 Å². The lowest BCUT2D eigenvalue weighted by molar-refractivity contribution is -0.132. The number of hydrogen-bond donors (Lipinski definition) is 0. The summed E-state index contributed by atoms with van der Waals surface area (Å²) in [5.74, 6) is 0.505. The second-order valence-corrected chi connectivity index (χ2v) is 5.08. The van der Waals surface area contributed by atoms with E-state index in [0.29, 0.717) is 12.5 Å². The van der Waals surface area contributed by atoms with Crippen molar-refractivity contribution in [2.45, 2.75) is 52.5 Å². The number of amides is 1. The van der Waals surface area contributed by atoms with E-state index in [1.54, 1.807) is 0 Å². The number of carbonyl (C=O) groups excluding carboxylic acids is 1. The Kier molecular flexibility index (Phi) is 6.86. The maximum absolute atomic E-state index is 11.6. The third kappa shape index (κ3) is 4.21. The van der Waals surface area contributed by atoms with Crippen LogP contribution in [0.1, 0.15) is 46.5 Å². The third-order valence-electron chi connectivity index (χ3n) is 4.04. The van der Waals surface area contributed by atoms with Crippen LogP contribution in [0.3, 0.4) is 0 Å². The van der Waals surface area contributed by atoms with Gasteiger partial charge in [-0.15, -0.1) is 0 Å². The van der Waals surface area contributed by atoms with Gasteiger partial charge in [0.05, 0.1) is 12.0 Å². The van der Waals surface area contributed by atoms with Crippen molar-refractivity contribution in [3.63, 3.8) is 0 Å². The van der Waals surface area contributed by atoms with Gasteiger partial charge < -0.3 is 4.90 Å². The van der Waals surface area contributed by atoms with Crippen molar-refractivity contribution in [1.82, 2.24) is 9.80 Å². The summed E-state index contributed by atoms with van der Waals surface area (Å²) in [6.07, 6.45) is 3.78. The standard InChI is InChI=1S/C13H21N3O.C2H6/c1-2-13(17)15-7-4-12(5-8-15)16-6-3-11(9-14)10-16;1-2/h11-12H,2-8,10H2,1H3;1-2H3. The summed E-state index contributed by atoms with van der Waals surface area (Å²) in [5, 5.41) is 8.90. The molecule has 2 aliphatic heterocycles. The summed E-state index contributed by atoms with van der Waals surface area (Å²) in [7, 11) is 0. The number of nitrogens with zero attached hydrogens (tertiary/aromatic N) is 3. The zero-order valence-corrected chi connectivity index (χ0v) is 12.6. The second kappa shape index (κ2) is 8.16. The molecule has 0 aromatic rings. The molecule has 4 heteroatoms. The molecule has 108 valence electrons. The lowest BCUT2D eigenvalue weighted by Gasteiger charge is -2.36. The average Bonchev–Trinajstić information content (AvgIpc) is 2.97. The van der Waals surface area contributed by atoms with Crippen molar-refractivity contribution < 1.29 is 4.79 Å². The van der Waals surface area contributed by atoms with Crippen LogP contribution < -0.4 is 0 Å². The Hall–Kier alpha value is -1.08. The van der Waals surface area contributed by atoms with E-state index in [4.69, 9.17) is 5.26 Å². The molecule has 2 heterocycles. The molecule has 1 amide bonds. The first-order chi connectivity index (χ1) is 9.24. The minimum absolute atomic E-state index is 0.227. The molecular weight excluding hydrogens is 238 g/mol. The number of piperidine rings is 1. The first kappa shape index (κ1) is 16.0. The lowest BCUT2D eigenvalue weighted by Crippen LogP contribution is -2.45. The molecule has 1 unspecified atom stereocenters. The molecule has 0 spiro atoms. The van der Waals surface area contributed by atoms with Gasteiger partial charge in [0.1, 0.15) is 0 Å². The Balaban J connectivity index is 0.000000861. The molecule has 2 rings (SSSR count). The van der Waals surface area contributed by atoms with Crippen LogP contribution in [0.15, 0.2) is 0 Å². The van der Waals surface area contributed by atoms with Crippen LogP contribution in [0.5, 0.6) is 0 Å². The molecule has 19 heavy (non-hydrogen) atoms. The van der Waals surface area contributed by atoms with E-state index < -0.39 is 0 Å². The molecule has 0 bridgehead atoms. The zero-order chi connectivity index (χ0) is 14.3. The Morgan fingerprint density at radius 3 is 2.32 bits per heavy atom.